The van der Waals surface area contributed by atoms with Crippen molar-refractivity contribution >= 4 is 52.0 Å². The van der Waals surface area contributed by atoms with E-state index in [0.29, 0.717) is 0 Å². The van der Waals surface area contributed by atoms with Crippen LogP contribution >= 0.6 is 46.4 Å². The van der Waals surface area contributed by atoms with E-state index in [1.54, 1.807) is 0 Å². The average Bonchev–Trinajstić information content (AvgIpc) is 2.60. The van der Waals surface area contributed by atoms with E-state index < -0.39 is 62.9 Å². The van der Waals surface area contributed by atoms with Gasteiger partial charge in [-0.3, -0.25) is 0 Å². The topological polar surface area (TPSA) is 0 Å². The Morgan fingerprint density at radius 1 is 0.889 bits per heavy atom. The summed E-state index contributed by atoms with van der Waals surface area (Å²) in [4.78, 5) is 0. The van der Waals surface area contributed by atoms with E-state index >= 15 is 0 Å². The molecule has 0 bridgehead atoms. The van der Waals surface area contributed by atoms with Gasteiger partial charge in [0.2, 0.25) is 0 Å². The predicted molar refractivity (Wildman–Crippen MR) is 80.6 cm³/mol. The highest BCUT2D eigenvalue weighted by molar-refractivity contribution is 6.59. The van der Waals surface area contributed by atoms with Crippen LogP contribution in [-0.4, -0.2) is 0 Å². The van der Waals surface area contributed by atoms with Gasteiger partial charge in [0.05, 0.1) is 11.0 Å². The van der Waals surface area contributed by atoms with Crippen LogP contribution in [-0.2, 0) is 0 Å². The molecule has 92 valence electrons. The van der Waals surface area contributed by atoms with Gasteiger partial charge >= 0.3 is 0 Å². The minimum atomic E-state index is -0.620. The quantitative estimate of drug-likeness (QED) is 0.617. The third-order valence-corrected chi connectivity index (χ3v) is 2.78. The van der Waals surface area contributed by atoms with Gasteiger partial charge < -0.3 is 0 Å². The number of halogens is 4. The minimum absolute atomic E-state index is 0.333. The monoisotopic (exact) mass is 324 g/mol. The van der Waals surface area contributed by atoms with Crippen LogP contribution in [0.25, 0.3) is 5.57 Å². The SMILES string of the molecule is [2H]c1c([2H])c([2H])c(C(=C(Cl)Cl)c2c([2H])c([2H])c(Cl)c([2H])c2[2H])c(Cl)c1[2H]. The molecule has 4 heteroatoms. The normalized spacial score (nSPS) is 16.4. The van der Waals surface area contributed by atoms with Crippen LogP contribution in [0.15, 0.2) is 52.8 Å². The van der Waals surface area contributed by atoms with Crippen molar-refractivity contribution in [2.24, 2.45) is 0 Å². The first-order chi connectivity index (χ1) is 11.9. The largest absolute Gasteiger partial charge is 0.115 e. The van der Waals surface area contributed by atoms with Gasteiger partial charge in [-0.2, -0.15) is 0 Å². The second-order valence-corrected chi connectivity index (χ2v) is 4.72. The van der Waals surface area contributed by atoms with Crippen molar-refractivity contribution in [2.75, 3.05) is 0 Å². The van der Waals surface area contributed by atoms with Gasteiger partial charge in [-0.1, -0.05) is 76.6 Å². The van der Waals surface area contributed by atoms with E-state index in [1.165, 1.54) is 0 Å². The lowest BCUT2D eigenvalue weighted by Gasteiger charge is -2.10. The Hall–Kier alpha value is -0.660. The first-order valence-corrected chi connectivity index (χ1v) is 6.02. The summed E-state index contributed by atoms with van der Waals surface area (Å²) in [5, 5.41) is -0.827. The van der Waals surface area contributed by atoms with E-state index in [-0.39, 0.29) is 16.7 Å². The van der Waals surface area contributed by atoms with Crippen molar-refractivity contribution in [3.63, 3.8) is 0 Å². The van der Waals surface area contributed by atoms with Crippen LogP contribution in [0.3, 0.4) is 0 Å². The smallest absolute Gasteiger partial charge is 0.0843 e. The molecule has 0 N–H and O–H groups in total. The van der Waals surface area contributed by atoms with Gasteiger partial charge in [-0.15, -0.1) is 0 Å². The summed E-state index contributed by atoms with van der Waals surface area (Å²) in [7, 11) is 0. The number of hydrogen-bond donors (Lipinski definition) is 0. The zero-order chi connectivity index (χ0) is 20.1. The van der Waals surface area contributed by atoms with Crippen molar-refractivity contribution in [1.29, 1.82) is 0 Å². The van der Waals surface area contributed by atoms with Crippen molar-refractivity contribution in [3.8, 4) is 0 Å². The van der Waals surface area contributed by atoms with Gasteiger partial charge in [0.15, 0.2) is 0 Å². The summed E-state index contributed by atoms with van der Waals surface area (Å²) in [5.41, 5.74) is -1.06. The molecule has 0 saturated carbocycles. The molecular formula is C14H8Cl4. The van der Waals surface area contributed by atoms with Crippen molar-refractivity contribution in [1.82, 2.24) is 0 Å². The van der Waals surface area contributed by atoms with Gasteiger partial charge in [0.25, 0.3) is 0 Å². The Labute approximate surface area is 137 Å². The summed E-state index contributed by atoms with van der Waals surface area (Å²) in [6, 6.07) is -4.59. The number of rotatable bonds is 2. The maximum atomic E-state index is 8.08. The standard InChI is InChI=1S/C14H8Cl4/c15-10-7-5-9(6-8-10)13(14(17)18)11-3-1-2-4-12(11)16/h1-8H/i1D,2D,3D,4D,5D,6D,7D,8D. The third-order valence-electron chi connectivity index (χ3n) is 1.93. The average molecular weight is 326 g/mol. The molecule has 0 atom stereocenters. The molecule has 0 nitrogen and oxygen atoms in total. The molecule has 0 saturated heterocycles. The van der Waals surface area contributed by atoms with Gasteiger partial charge in [0.1, 0.15) is 4.49 Å². The zero-order valence-electron chi connectivity index (χ0n) is 16.5. The van der Waals surface area contributed by atoms with Crippen molar-refractivity contribution in [2.45, 2.75) is 0 Å². The molecule has 0 unspecified atom stereocenters. The third kappa shape index (κ3) is 3.02. The highest BCUT2D eigenvalue weighted by atomic mass is 35.5. The molecule has 0 radical (unpaired) electrons. The Morgan fingerprint density at radius 3 is 2.11 bits per heavy atom. The summed E-state index contributed by atoms with van der Waals surface area (Å²) in [5.74, 6) is 0. The molecule has 0 aliphatic rings. The summed E-state index contributed by atoms with van der Waals surface area (Å²) >= 11 is 23.7. The fourth-order valence-corrected chi connectivity index (χ4v) is 1.87. The van der Waals surface area contributed by atoms with Crippen LogP contribution in [0.5, 0.6) is 0 Å². The molecule has 0 aromatic heterocycles. The minimum Gasteiger partial charge on any atom is -0.0843 e. The van der Waals surface area contributed by atoms with Gasteiger partial charge in [0, 0.05) is 21.2 Å². The van der Waals surface area contributed by atoms with Crippen molar-refractivity contribution in [3.05, 3.63) is 74.0 Å². The molecule has 0 spiro atoms. The molecule has 2 aromatic carbocycles. The van der Waals surface area contributed by atoms with E-state index in [2.05, 4.69) is 0 Å². The molecule has 0 amide bonds. The molecule has 0 aliphatic carbocycles. The van der Waals surface area contributed by atoms with Crippen molar-refractivity contribution < 1.29 is 11.0 Å². The van der Waals surface area contributed by atoms with Crippen LogP contribution < -0.4 is 0 Å². The number of benzene rings is 2. The number of hydrogen-bond acceptors (Lipinski definition) is 0. The van der Waals surface area contributed by atoms with Gasteiger partial charge in [-0.05, 0) is 23.7 Å². The van der Waals surface area contributed by atoms with Crippen LogP contribution in [0.2, 0.25) is 10.0 Å². The Balaban J connectivity index is 3.06. The molecule has 0 aliphatic heterocycles. The molecule has 0 fully saturated rings. The van der Waals surface area contributed by atoms with E-state index in [0.717, 1.165) is 0 Å². The lowest BCUT2D eigenvalue weighted by Crippen LogP contribution is -1.90. The highest BCUT2D eigenvalue weighted by Gasteiger charge is 2.12. The second-order valence-electron chi connectivity index (χ2n) is 3.01. The first-order valence-electron chi connectivity index (χ1n) is 8.51. The summed E-state index contributed by atoms with van der Waals surface area (Å²) in [6.45, 7) is 0. The molecule has 2 rings (SSSR count). The lowest BCUT2D eigenvalue weighted by molar-refractivity contribution is 1.55. The van der Waals surface area contributed by atoms with E-state index in [1.807, 2.05) is 0 Å². The maximum absolute atomic E-state index is 8.08. The Kier molecular flexibility index (Phi) is 2.22. The molecule has 18 heavy (non-hydrogen) atoms. The Bertz CT molecular complexity index is 837. The second kappa shape index (κ2) is 5.99. The maximum Gasteiger partial charge on any atom is 0.115 e. The van der Waals surface area contributed by atoms with E-state index in [4.69, 9.17) is 57.4 Å². The Morgan fingerprint density at radius 2 is 1.50 bits per heavy atom. The first kappa shape index (κ1) is 6.67. The zero-order valence-corrected chi connectivity index (χ0v) is 11.5. The van der Waals surface area contributed by atoms with Crippen LogP contribution in [0.1, 0.15) is 22.1 Å². The van der Waals surface area contributed by atoms with E-state index in [9.17, 15) is 0 Å². The fraction of sp³-hybridized carbons (Fsp3) is 0. The summed E-state index contributed by atoms with van der Waals surface area (Å²) in [6.07, 6.45) is 0. The molecular weight excluding hydrogens is 310 g/mol. The fourth-order valence-electron chi connectivity index (χ4n) is 1.21. The molecule has 2 aromatic rings. The van der Waals surface area contributed by atoms with Crippen LogP contribution in [0, 0.1) is 0 Å². The molecule has 0 heterocycles. The predicted octanol–water partition coefficient (Wildman–Crippen LogP) is 6.19. The lowest BCUT2D eigenvalue weighted by atomic mass is 9.99. The van der Waals surface area contributed by atoms with Gasteiger partial charge in [-0.25, -0.2) is 0 Å². The van der Waals surface area contributed by atoms with Crippen LogP contribution in [0.4, 0.5) is 0 Å². The summed E-state index contributed by atoms with van der Waals surface area (Å²) < 4.78 is 62.6. The highest BCUT2D eigenvalue weighted by Crippen LogP contribution is 2.35.